The van der Waals surface area contributed by atoms with Gasteiger partial charge in [0.05, 0.1) is 19.3 Å². The highest BCUT2D eigenvalue weighted by atomic mass is 127. The van der Waals surface area contributed by atoms with Gasteiger partial charge in [0.15, 0.2) is 5.96 Å². The van der Waals surface area contributed by atoms with E-state index in [1.807, 2.05) is 6.07 Å². The van der Waals surface area contributed by atoms with Gasteiger partial charge >= 0.3 is 6.61 Å². The lowest BCUT2D eigenvalue weighted by Gasteiger charge is -2.34. The largest absolute Gasteiger partial charge is 0.435 e. The summed E-state index contributed by atoms with van der Waals surface area (Å²) < 4.78 is 34.7. The van der Waals surface area contributed by atoms with Crippen molar-refractivity contribution in [2.75, 3.05) is 39.9 Å². The number of benzene rings is 1. The number of halogens is 3. The topological polar surface area (TPSA) is 58.1 Å². The molecule has 1 aliphatic rings. The quantitative estimate of drug-likeness (QED) is 0.297. The summed E-state index contributed by atoms with van der Waals surface area (Å²) in [6.45, 7) is 1.59. The molecule has 0 spiro atoms. The van der Waals surface area contributed by atoms with Crippen LogP contribution in [0.2, 0.25) is 0 Å². The molecule has 0 aliphatic carbocycles. The molecule has 1 atom stereocenters. The molecule has 0 amide bonds. The van der Waals surface area contributed by atoms with Crippen molar-refractivity contribution in [3.05, 3.63) is 52.2 Å². The minimum Gasteiger partial charge on any atom is -0.435 e. The SMILES string of the molecule is CN=C(NCc1cccc(OC(F)F)c1)NCC(c1cccs1)N1CCOCC1.I. The second-order valence-corrected chi connectivity index (χ2v) is 7.49. The molecule has 1 aromatic heterocycles. The first-order valence-electron chi connectivity index (χ1n) is 9.49. The normalized spacial score (nSPS) is 16.1. The van der Waals surface area contributed by atoms with Crippen LogP contribution in [0.15, 0.2) is 46.8 Å². The van der Waals surface area contributed by atoms with Gasteiger partial charge in [0.25, 0.3) is 0 Å². The molecule has 1 aromatic carbocycles. The van der Waals surface area contributed by atoms with Gasteiger partial charge in [-0.2, -0.15) is 8.78 Å². The smallest absolute Gasteiger partial charge is 0.387 e. The highest BCUT2D eigenvalue weighted by molar-refractivity contribution is 14.0. The van der Waals surface area contributed by atoms with E-state index in [0.717, 1.165) is 31.9 Å². The number of rotatable bonds is 8. The number of hydrogen-bond donors (Lipinski definition) is 2. The van der Waals surface area contributed by atoms with E-state index in [2.05, 4.69) is 42.8 Å². The first-order chi connectivity index (χ1) is 14.2. The first-order valence-corrected chi connectivity index (χ1v) is 10.4. The zero-order valence-corrected chi connectivity index (χ0v) is 19.9. The van der Waals surface area contributed by atoms with E-state index < -0.39 is 6.61 Å². The maximum atomic E-state index is 12.4. The third-order valence-electron chi connectivity index (χ3n) is 4.63. The standard InChI is InChI=1S/C20H26F2N4O2S.HI/c1-23-20(24-13-15-4-2-5-16(12-15)28-19(21)22)25-14-17(18-6-3-11-29-18)26-7-9-27-10-8-26;/h2-6,11-12,17,19H,7-10,13-14H2,1H3,(H2,23,24,25);1H. The third-order valence-corrected chi connectivity index (χ3v) is 5.60. The molecule has 0 radical (unpaired) electrons. The Morgan fingerprint density at radius 2 is 2.03 bits per heavy atom. The number of morpholine rings is 1. The summed E-state index contributed by atoms with van der Waals surface area (Å²) in [5.74, 6) is 0.798. The molecule has 1 aliphatic heterocycles. The van der Waals surface area contributed by atoms with Crippen LogP contribution in [-0.4, -0.2) is 57.4 Å². The summed E-state index contributed by atoms with van der Waals surface area (Å²) >= 11 is 1.74. The number of nitrogens with zero attached hydrogens (tertiary/aromatic N) is 2. The van der Waals surface area contributed by atoms with Gasteiger partial charge in [-0.1, -0.05) is 18.2 Å². The van der Waals surface area contributed by atoms with Crippen LogP contribution in [0, 0.1) is 0 Å². The van der Waals surface area contributed by atoms with Crippen LogP contribution in [0.1, 0.15) is 16.5 Å². The first kappa shape index (κ1) is 24.8. The molecule has 1 unspecified atom stereocenters. The van der Waals surface area contributed by atoms with E-state index in [-0.39, 0.29) is 35.8 Å². The van der Waals surface area contributed by atoms with Crippen LogP contribution < -0.4 is 15.4 Å². The predicted octanol–water partition coefficient (Wildman–Crippen LogP) is 3.71. The Morgan fingerprint density at radius 3 is 2.70 bits per heavy atom. The third kappa shape index (κ3) is 7.64. The Morgan fingerprint density at radius 1 is 1.23 bits per heavy atom. The van der Waals surface area contributed by atoms with Crippen LogP contribution in [0.5, 0.6) is 5.75 Å². The monoisotopic (exact) mass is 552 g/mol. The minimum absolute atomic E-state index is 0. The van der Waals surface area contributed by atoms with Crippen LogP contribution in [0.3, 0.4) is 0 Å². The van der Waals surface area contributed by atoms with E-state index in [9.17, 15) is 8.78 Å². The highest BCUT2D eigenvalue weighted by Crippen LogP contribution is 2.25. The number of guanidine groups is 1. The average Bonchev–Trinajstić information content (AvgIpc) is 3.25. The van der Waals surface area contributed by atoms with E-state index in [1.54, 1.807) is 30.5 Å². The van der Waals surface area contributed by atoms with Gasteiger partial charge in [-0.05, 0) is 29.1 Å². The van der Waals surface area contributed by atoms with E-state index >= 15 is 0 Å². The van der Waals surface area contributed by atoms with E-state index in [1.165, 1.54) is 10.9 Å². The fraction of sp³-hybridized carbons (Fsp3) is 0.450. The molecule has 1 saturated heterocycles. The Kier molecular flexibility index (Phi) is 10.8. The average molecular weight is 552 g/mol. The number of nitrogens with one attached hydrogen (secondary N) is 2. The lowest BCUT2D eigenvalue weighted by molar-refractivity contribution is -0.0498. The number of hydrogen-bond acceptors (Lipinski definition) is 5. The molecule has 2 heterocycles. The van der Waals surface area contributed by atoms with Crippen molar-refractivity contribution in [1.82, 2.24) is 15.5 Å². The molecule has 0 bridgehead atoms. The van der Waals surface area contributed by atoms with Gasteiger partial charge in [-0.3, -0.25) is 9.89 Å². The number of thiophene rings is 1. The summed E-state index contributed by atoms with van der Waals surface area (Å²) in [6.07, 6.45) is 0. The van der Waals surface area contributed by atoms with Crippen molar-refractivity contribution in [3.63, 3.8) is 0 Å². The lowest BCUT2D eigenvalue weighted by atomic mass is 10.2. The molecular formula is C20H27F2IN4O2S. The maximum Gasteiger partial charge on any atom is 0.387 e. The second kappa shape index (κ2) is 13.0. The van der Waals surface area contributed by atoms with Gasteiger partial charge in [0.2, 0.25) is 0 Å². The number of ether oxygens (including phenoxy) is 2. The molecule has 6 nitrogen and oxygen atoms in total. The van der Waals surface area contributed by atoms with Crippen molar-refractivity contribution >= 4 is 41.3 Å². The Labute approximate surface area is 196 Å². The summed E-state index contributed by atoms with van der Waals surface area (Å²) in [5.41, 5.74) is 0.828. The van der Waals surface area contributed by atoms with Gasteiger partial charge < -0.3 is 20.1 Å². The Hall–Kier alpha value is -1.50. The van der Waals surface area contributed by atoms with E-state index in [0.29, 0.717) is 19.0 Å². The van der Waals surface area contributed by atoms with Gasteiger partial charge in [-0.15, -0.1) is 35.3 Å². The van der Waals surface area contributed by atoms with Crippen LogP contribution in [0.25, 0.3) is 0 Å². The summed E-state index contributed by atoms with van der Waals surface area (Å²) in [5, 5.41) is 8.70. The van der Waals surface area contributed by atoms with Gasteiger partial charge in [0, 0.05) is 38.1 Å². The summed E-state index contributed by atoms with van der Waals surface area (Å²) in [7, 11) is 1.71. The fourth-order valence-corrected chi connectivity index (χ4v) is 4.07. The fourth-order valence-electron chi connectivity index (χ4n) is 3.21. The van der Waals surface area contributed by atoms with Crippen molar-refractivity contribution in [2.45, 2.75) is 19.2 Å². The zero-order valence-electron chi connectivity index (χ0n) is 16.7. The van der Waals surface area contributed by atoms with Crippen molar-refractivity contribution < 1.29 is 18.3 Å². The van der Waals surface area contributed by atoms with Crippen LogP contribution >= 0.6 is 35.3 Å². The molecule has 2 aromatic rings. The maximum absolute atomic E-state index is 12.4. The summed E-state index contributed by atoms with van der Waals surface area (Å²) in [4.78, 5) is 7.99. The zero-order chi connectivity index (χ0) is 20.5. The number of aliphatic imine (C=N–C) groups is 1. The Bertz CT molecular complexity index is 774. The molecule has 10 heteroatoms. The molecule has 166 valence electrons. The lowest BCUT2D eigenvalue weighted by Crippen LogP contribution is -2.46. The molecule has 0 saturated carbocycles. The van der Waals surface area contributed by atoms with Gasteiger partial charge in [-0.25, -0.2) is 0 Å². The minimum atomic E-state index is -2.83. The second-order valence-electron chi connectivity index (χ2n) is 6.51. The highest BCUT2D eigenvalue weighted by Gasteiger charge is 2.23. The summed E-state index contributed by atoms with van der Waals surface area (Å²) in [6, 6.07) is 11.1. The van der Waals surface area contributed by atoms with Crippen LogP contribution in [-0.2, 0) is 11.3 Å². The van der Waals surface area contributed by atoms with Crippen molar-refractivity contribution in [2.24, 2.45) is 4.99 Å². The Balaban J connectivity index is 0.00000320. The van der Waals surface area contributed by atoms with Gasteiger partial charge in [0.1, 0.15) is 5.75 Å². The molecular weight excluding hydrogens is 525 g/mol. The molecule has 3 rings (SSSR count). The van der Waals surface area contributed by atoms with E-state index in [4.69, 9.17) is 4.74 Å². The molecule has 2 N–H and O–H groups in total. The van der Waals surface area contributed by atoms with Crippen molar-refractivity contribution in [3.8, 4) is 5.75 Å². The predicted molar refractivity (Wildman–Crippen MR) is 126 cm³/mol. The molecule has 1 fully saturated rings. The van der Waals surface area contributed by atoms with Crippen molar-refractivity contribution in [1.29, 1.82) is 0 Å². The number of alkyl halides is 2. The van der Waals surface area contributed by atoms with Crippen LogP contribution in [0.4, 0.5) is 8.78 Å². The molecule has 30 heavy (non-hydrogen) atoms.